The molecule has 2 aromatic carbocycles. The van der Waals surface area contributed by atoms with Gasteiger partial charge in [-0.2, -0.15) is 5.10 Å². The van der Waals surface area contributed by atoms with Gasteiger partial charge in [0.2, 0.25) is 0 Å². The van der Waals surface area contributed by atoms with Crippen LogP contribution in [0, 0.1) is 0 Å². The average molecular weight is 343 g/mol. The number of aryl methyl sites for hydroxylation is 1. The van der Waals surface area contributed by atoms with Gasteiger partial charge in [0, 0.05) is 29.7 Å². The number of hydrogen-bond acceptors (Lipinski definition) is 2. The zero-order valence-corrected chi connectivity index (χ0v) is 15.9. The van der Waals surface area contributed by atoms with Gasteiger partial charge in [-0.15, -0.1) is 0 Å². The molecule has 0 spiro atoms. The molecule has 0 bridgehead atoms. The Morgan fingerprint density at radius 1 is 0.885 bits per heavy atom. The highest BCUT2D eigenvalue weighted by Crippen LogP contribution is 2.26. The molecule has 2 aromatic heterocycles. The van der Waals surface area contributed by atoms with E-state index in [1.165, 1.54) is 32.8 Å². The molecule has 0 amide bonds. The van der Waals surface area contributed by atoms with E-state index in [4.69, 9.17) is 0 Å². The van der Waals surface area contributed by atoms with Crippen molar-refractivity contribution in [3.05, 3.63) is 71.7 Å². The van der Waals surface area contributed by atoms with Crippen molar-refractivity contribution >= 4 is 21.7 Å². The lowest BCUT2D eigenvalue weighted by Crippen LogP contribution is -2.00. The monoisotopic (exact) mass is 343 g/mol. The molecule has 0 N–H and O–H groups in total. The Balaban J connectivity index is 1.60. The van der Waals surface area contributed by atoms with Crippen LogP contribution < -0.4 is 0 Å². The normalized spacial score (nSPS) is 13.0. The van der Waals surface area contributed by atoms with Crippen molar-refractivity contribution in [2.75, 3.05) is 0 Å². The van der Waals surface area contributed by atoms with Crippen molar-refractivity contribution in [3.63, 3.8) is 0 Å². The molecule has 0 unspecified atom stereocenters. The molecule has 0 fully saturated rings. The predicted molar refractivity (Wildman–Crippen MR) is 109 cm³/mol. The molecule has 2 heterocycles. The van der Waals surface area contributed by atoms with Crippen LogP contribution in [0.1, 0.15) is 49.4 Å². The quantitative estimate of drug-likeness (QED) is 0.483. The summed E-state index contributed by atoms with van der Waals surface area (Å²) >= 11 is 0. The molecule has 0 saturated carbocycles. The molecule has 4 rings (SSSR count). The lowest BCUT2D eigenvalue weighted by molar-refractivity contribution is 0.757. The number of fused-ring (bicyclic) bond motifs is 2. The third-order valence-corrected chi connectivity index (χ3v) is 5.28. The van der Waals surface area contributed by atoms with E-state index in [1.807, 2.05) is 24.1 Å². The Morgan fingerprint density at radius 2 is 1.69 bits per heavy atom. The van der Waals surface area contributed by atoms with E-state index in [-0.39, 0.29) is 0 Å². The first-order chi connectivity index (χ1) is 12.5. The number of benzene rings is 2. The van der Waals surface area contributed by atoms with Gasteiger partial charge < -0.3 is 0 Å². The van der Waals surface area contributed by atoms with E-state index < -0.39 is 0 Å². The Kier molecular flexibility index (Phi) is 4.23. The molecule has 0 aliphatic carbocycles. The minimum Gasteiger partial charge on any atom is -0.268 e. The fourth-order valence-corrected chi connectivity index (χ4v) is 3.59. The molecule has 132 valence electrons. The van der Waals surface area contributed by atoms with Crippen LogP contribution >= 0.6 is 0 Å². The number of hydrogen-bond donors (Lipinski definition) is 0. The Morgan fingerprint density at radius 3 is 2.50 bits per heavy atom. The SMILES string of the molecule is CC(C)c1cc2ccc(C[C@H](C)c3ccc4cnn(C)c4c3)cc2cn1. The second-order valence-electron chi connectivity index (χ2n) is 7.64. The lowest BCUT2D eigenvalue weighted by Gasteiger charge is -2.13. The van der Waals surface area contributed by atoms with Crippen LogP contribution in [0.3, 0.4) is 0 Å². The molecule has 0 aliphatic rings. The van der Waals surface area contributed by atoms with Crippen LogP contribution in [-0.4, -0.2) is 14.8 Å². The average Bonchev–Trinajstić information content (AvgIpc) is 3.01. The molecule has 26 heavy (non-hydrogen) atoms. The third-order valence-electron chi connectivity index (χ3n) is 5.28. The van der Waals surface area contributed by atoms with Crippen molar-refractivity contribution in [2.45, 2.75) is 39.0 Å². The first kappa shape index (κ1) is 16.8. The van der Waals surface area contributed by atoms with Gasteiger partial charge >= 0.3 is 0 Å². The van der Waals surface area contributed by atoms with Crippen LogP contribution in [0.25, 0.3) is 21.7 Å². The van der Waals surface area contributed by atoms with E-state index in [2.05, 4.69) is 73.3 Å². The smallest absolute Gasteiger partial charge is 0.0681 e. The third kappa shape index (κ3) is 3.10. The van der Waals surface area contributed by atoms with E-state index in [0.29, 0.717) is 11.8 Å². The van der Waals surface area contributed by atoms with E-state index in [9.17, 15) is 0 Å². The molecule has 1 atom stereocenters. The summed E-state index contributed by atoms with van der Waals surface area (Å²) in [7, 11) is 2.00. The summed E-state index contributed by atoms with van der Waals surface area (Å²) in [5.74, 6) is 0.913. The molecule has 0 aliphatic heterocycles. The van der Waals surface area contributed by atoms with Crippen LogP contribution in [0.4, 0.5) is 0 Å². The number of pyridine rings is 1. The van der Waals surface area contributed by atoms with Gasteiger partial charge in [-0.25, -0.2) is 0 Å². The fourth-order valence-electron chi connectivity index (χ4n) is 3.59. The zero-order valence-electron chi connectivity index (χ0n) is 15.9. The van der Waals surface area contributed by atoms with Crippen molar-refractivity contribution in [1.29, 1.82) is 0 Å². The van der Waals surface area contributed by atoms with E-state index >= 15 is 0 Å². The van der Waals surface area contributed by atoms with Gasteiger partial charge in [-0.05, 0) is 53.0 Å². The van der Waals surface area contributed by atoms with Crippen LogP contribution in [0.15, 0.2) is 54.9 Å². The van der Waals surface area contributed by atoms with E-state index in [0.717, 1.165) is 12.1 Å². The van der Waals surface area contributed by atoms with Crippen molar-refractivity contribution in [2.24, 2.45) is 7.05 Å². The summed E-state index contributed by atoms with van der Waals surface area (Å²) in [6.07, 6.45) is 4.96. The van der Waals surface area contributed by atoms with Gasteiger partial charge in [-0.3, -0.25) is 9.67 Å². The minimum atomic E-state index is 0.453. The van der Waals surface area contributed by atoms with Crippen LogP contribution in [0.5, 0.6) is 0 Å². The number of rotatable bonds is 4. The fraction of sp³-hybridized carbons (Fsp3) is 0.304. The van der Waals surface area contributed by atoms with Gasteiger partial charge in [0.1, 0.15) is 0 Å². The maximum Gasteiger partial charge on any atom is 0.0681 e. The van der Waals surface area contributed by atoms with Gasteiger partial charge in [0.25, 0.3) is 0 Å². The maximum absolute atomic E-state index is 4.61. The highest BCUT2D eigenvalue weighted by Gasteiger charge is 2.10. The summed E-state index contributed by atoms with van der Waals surface area (Å²) in [6, 6.07) is 15.7. The molecular formula is C23H25N3. The van der Waals surface area contributed by atoms with Crippen molar-refractivity contribution in [1.82, 2.24) is 14.8 Å². The maximum atomic E-state index is 4.61. The lowest BCUT2D eigenvalue weighted by atomic mass is 9.92. The Hall–Kier alpha value is -2.68. The molecule has 0 radical (unpaired) electrons. The van der Waals surface area contributed by atoms with Crippen LogP contribution in [0.2, 0.25) is 0 Å². The largest absolute Gasteiger partial charge is 0.268 e. The zero-order chi connectivity index (χ0) is 18.3. The number of aromatic nitrogens is 3. The van der Waals surface area contributed by atoms with Gasteiger partial charge in [0.05, 0.1) is 11.7 Å². The molecule has 0 saturated heterocycles. The summed E-state index contributed by atoms with van der Waals surface area (Å²) in [5, 5.41) is 8.04. The van der Waals surface area contributed by atoms with E-state index in [1.54, 1.807) is 0 Å². The molecular weight excluding hydrogens is 318 g/mol. The second-order valence-corrected chi connectivity index (χ2v) is 7.64. The molecule has 3 nitrogen and oxygen atoms in total. The molecule has 3 heteroatoms. The summed E-state index contributed by atoms with van der Waals surface area (Å²) < 4.78 is 1.94. The van der Waals surface area contributed by atoms with Crippen molar-refractivity contribution < 1.29 is 0 Å². The van der Waals surface area contributed by atoms with Gasteiger partial charge in [-0.1, -0.05) is 45.0 Å². The Bertz CT molecular complexity index is 1080. The molecule has 4 aromatic rings. The first-order valence-electron chi connectivity index (χ1n) is 9.31. The van der Waals surface area contributed by atoms with Crippen LogP contribution in [-0.2, 0) is 13.5 Å². The second kappa shape index (κ2) is 6.56. The van der Waals surface area contributed by atoms with Gasteiger partial charge in [0.15, 0.2) is 0 Å². The standard InChI is InChI=1S/C23H25N3/c1-15(2)22-11-19-6-5-17(10-21(19)13-24-22)9-16(3)18-7-8-20-14-25-26(4)23(20)12-18/h5-8,10-16H,9H2,1-4H3/t16-/m0/s1. The summed E-state index contributed by atoms with van der Waals surface area (Å²) in [4.78, 5) is 4.61. The summed E-state index contributed by atoms with van der Waals surface area (Å²) in [6.45, 7) is 6.66. The number of nitrogens with zero attached hydrogens (tertiary/aromatic N) is 3. The summed E-state index contributed by atoms with van der Waals surface area (Å²) in [5.41, 5.74) is 5.06. The topological polar surface area (TPSA) is 30.7 Å². The highest BCUT2D eigenvalue weighted by atomic mass is 15.2. The first-order valence-corrected chi connectivity index (χ1v) is 9.31. The highest BCUT2D eigenvalue weighted by molar-refractivity contribution is 5.83. The predicted octanol–water partition coefficient (Wildman–Crippen LogP) is 5.59. The minimum absolute atomic E-state index is 0.453. The Labute approximate surface area is 154 Å². The van der Waals surface area contributed by atoms with Crippen molar-refractivity contribution in [3.8, 4) is 0 Å².